The number of hydrogen-bond donors (Lipinski definition) is 1. The molecule has 0 atom stereocenters. The first kappa shape index (κ1) is 7.89. The fraction of sp³-hybridized carbons (Fsp3) is 0.500. The molecule has 0 radical (unpaired) electrons. The van der Waals surface area contributed by atoms with Crippen LogP contribution in [0.3, 0.4) is 0 Å². The zero-order chi connectivity index (χ0) is 8.39. The lowest BCUT2D eigenvalue weighted by molar-refractivity contribution is 0.0949. The minimum Gasteiger partial charge on any atom is -0.316 e. The molecule has 0 unspecified atom stereocenters. The highest BCUT2D eigenvalue weighted by molar-refractivity contribution is 7.11. The summed E-state index contributed by atoms with van der Waals surface area (Å²) in [5.41, 5.74) is 1.70. The summed E-state index contributed by atoms with van der Waals surface area (Å²) in [6.45, 7) is 1.98. The molecule has 1 N–H and O–H groups in total. The second kappa shape index (κ2) is 3.33. The van der Waals surface area contributed by atoms with E-state index in [9.17, 15) is 4.79 Å². The minimum absolute atomic E-state index is 0.240. The van der Waals surface area contributed by atoms with E-state index in [4.69, 9.17) is 0 Å². The first-order valence-corrected chi connectivity index (χ1v) is 4.86. The topological polar surface area (TPSA) is 42.0 Å². The highest BCUT2D eigenvalue weighted by atomic mass is 32.1. The average Bonchev–Trinajstić information content (AvgIpc) is 2.47. The minimum atomic E-state index is 0.240. The summed E-state index contributed by atoms with van der Waals surface area (Å²) in [6.07, 6.45) is 2.33. The Kier molecular flexibility index (Phi) is 2.19. The van der Waals surface area contributed by atoms with Crippen LogP contribution < -0.4 is 5.32 Å². The summed E-state index contributed by atoms with van der Waals surface area (Å²) in [4.78, 5) is 16.1. The third-order valence-corrected chi connectivity index (χ3v) is 2.86. The van der Waals surface area contributed by atoms with Crippen LogP contribution in [0.1, 0.15) is 16.1 Å². The van der Waals surface area contributed by atoms with Gasteiger partial charge in [-0.1, -0.05) is 0 Å². The number of ketones is 1. The van der Waals surface area contributed by atoms with E-state index >= 15 is 0 Å². The molecule has 0 saturated carbocycles. The van der Waals surface area contributed by atoms with Crippen molar-refractivity contribution in [2.24, 2.45) is 5.92 Å². The number of nitrogens with one attached hydrogen (secondary N) is 1. The van der Waals surface area contributed by atoms with E-state index in [0.29, 0.717) is 12.3 Å². The Morgan fingerprint density at radius 2 is 2.58 bits per heavy atom. The van der Waals surface area contributed by atoms with Crippen molar-refractivity contribution in [3.63, 3.8) is 0 Å². The maximum atomic E-state index is 11.5. The van der Waals surface area contributed by atoms with Gasteiger partial charge in [-0.05, 0) is 19.0 Å². The molecule has 0 spiro atoms. The van der Waals surface area contributed by atoms with E-state index in [0.717, 1.165) is 18.0 Å². The largest absolute Gasteiger partial charge is 0.316 e. The molecule has 1 aromatic rings. The number of nitrogens with zero attached hydrogens (tertiary/aromatic N) is 1. The van der Waals surface area contributed by atoms with Crippen LogP contribution in [0.2, 0.25) is 0 Å². The number of carbonyl (C=O) groups is 1. The van der Waals surface area contributed by atoms with Gasteiger partial charge < -0.3 is 5.32 Å². The van der Waals surface area contributed by atoms with Gasteiger partial charge in [0, 0.05) is 12.6 Å². The normalized spacial score (nSPS) is 17.3. The van der Waals surface area contributed by atoms with Crippen molar-refractivity contribution in [3.8, 4) is 0 Å². The second-order valence-electron chi connectivity index (χ2n) is 3.02. The van der Waals surface area contributed by atoms with Crippen molar-refractivity contribution in [3.05, 3.63) is 16.6 Å². The Hall–Kier alpha value is -0.740. The summed E-state index contributed by atoms with van der Waals surface area (Å²) < 4.78 is 0. The Morgan fingerprint density at radius 3 is 3.08 bits per heavy atom. The molecule has 0 aliphatic carbocycles. The zero-order valence-corrected chi connectivity index (χ0v) is 7.43. The van der Waals surface area contributed by atoms with Gasteiger partial charge >= 0.3 is 0 Å². The van der Waals surface area contributed by atoms with E-state index in [-0.39, 0.29) is 5.78 Å². The molecule has 1 aliphatic heterocycles. The Labute approximate surface area is 74.8 Å². The maximum absolute atomic E-state index is 11.5. The van der Waals surface area contributed by atoms with Crippen LogP contribution in [-0.4, -0.2) is 23.9 Å². The molecule has 1 aromatic heterocycles. The van der Waals surface area contributed by atoms with Crippen molar-refractivity contribution in [2.45, 2.75) is 6.42 Å². The first-order chi connectivity index (χ1) is 5.86. The van der Waals surface area contributed by atoms with Gasteiger partial charge in [0.1, 0.15) is 0 Å². The molecule has 12 heavy (non-hydrogen) atoms. The molecule has 2 heterocycles. The van der Waals surface area contributed by atoms with Crippen LogP contribution in [0, 0.1) is 5.92 Å². The molecular weight excluding hydrogens is 172 g/mol. The smallest absolute Gasteiger partial charge is 0.174 e. The molecule has 0 amide bonds. The Balaban J connectivity index is 1.92. The molecule has 64 valence electrons. The summed E-state index contributed by atoms with van der Waals surface area (Å²) in [5, 5.41) is 3.15. The van der Waals surface area contributed by atoms with Gasteiger partial charge in [0.05, 0.1) is 10.4 Å². The van der Waals surface area contributed by atoms with Crippen LogP contribution in [0.15, 0.2) is 11.7 Å². The lowest BCUT2D eigenvalue weighted by Gasteiger charge is -2.25. The van der Waals surface area contributed by atoms with Gasteiger partial charge in [-0.15, -0.1) is 11.3 Å². The van der Waals surface area contributed by atoms with Crippen molar-refractivity contribution < 1.29 is 4.79 Å². The zero-order valence-electron chi connectivity index (χ0n) is 6.62. The second-order valence-corrected chi connectivity index (χ2v) is 3.90. The molecule has 1 saturated heterocycles. The average molecular weight is 182 g/mol. The fourth-order valence-corrected chi connectivity index (χ4v) is 1.78. The van der Waals surface area contributed by atoms with E-state index in [2.05, 4.69) is 10.3 Å². The van der Waals surface area contributed by atoms with Gasteiger partial charge in [-0.2, -0.15) is 0 Å². The van der Waals surface area contributed by atoms with Gasteiger partial charge in [-0.25, -0.2) is 0 Å². The van der Waals surface area contributed by atoms with Crippen LogP contribution in [-0.2, 0) is 0 Å². The van der Waals surface area contributed by atoms with E-state index in [1.54, 1.807) is 11.7 Å². The SMILES string of the molecule is O=C(CC1CNC1)c1cncs1. The number of thiazole rings is 1. The van der Waals surface area contributed by atoms with Crippen molar-refractivity contribution in [1.82, 2.24) is 10.3 Å². The predicted octanol–water partition coefficient (Wildman–Crippen LogP) is 0.935. The molecule has 2 rings (SSSR count). The first-order valence-electron chi connectivity index (χ1n) is 3.98. The highest BCUT2D eigenvalue weighted by Crippen LogP contribution is 2.15. The monoisotopic (exact) mass is 182 g/mol. The fourth-order valence-electron chi connectivity index (χ4n) is 1.21. The third kappa shape index (κ3) is 1.54. The predicted molar refractivity (Wildman–Crippen MR) is 47.4 cm³/mol. The lowest BCUT2D eigenvalue weighted by Crippen LogP contribution is -2.42. The summed E-state index contributed by atoms with van der Waals surface area (Å²) in [7, 11) is 0. The molecule has 0 bridgehead atoms. The number of carbonyl (C=O) groups excluding carboxylic acids is 1. The summed E-state index contributed by atoms with van der Waals surface area (Å²) in [5.74, 6) is 0.795. The number of hydrogen-bond acceptors (Lipinski definition) is 4. The maximum Gasteiger partial charge on any atom is 0.174 e. The Bertz CT molecular complexity index is 267. The van der Waals surface area contributed by atoms with Gasteiger partial charge in [0.25, 0.3) is 0 Å². The van der Waals surface area contributed by atoms with E-state index in [1.165, 1.54) is 11.3 Å². The number of Topliss-reactive ketones (excluding diaryl/α,β-unsaturated/α-hetero) is 1. The summed E-state index contributed by atoms with van der Waals surface area (Å²) in [6, 6.07) is 0. The lowest BCUT2D eigenvalue weighted by atomic mass is 9.96. The molecule has 1 aliphatic rings. The van der Waals surface area contributed by atoms with Crippen LogP contribution in [0.4, 0.5) is 0 Å². The van der Waals surface area contributed by atoms with Crippen LogP contribution in [0.25, 0.3) is 0 Å². The highest BCUT2D eigenvalue weighted by Gasteiger charge is 2.21. The molecule has 3 nitrogen and oxygen atoms in total. The standard InChI is InChI=1S/C8H10N2OS/c11-7(1-6-2-9-3-6)8-4-10-5-12-8/h4-6,9H,1-3H2. The van der Waals surface area contributed by atoms with Crippen molar-refractivity contribution >= 4 is 17.1 Å². The van der Waals surface area contributed by atoms with Gasteiger partial charge in [0.2, 0.25) is 0 Å². The third-order valence-electron chi connectivity index (χ3n) is 2.05. The molecule has 0 aromatic carbocycles. The Morgan fingerprint density at radius 1 is 1.75 bits per heavy atom. The molecule has 4 heteroatoms. The van der Waals surface area contributed by atoms with E-state index < -0.39 is 0 Å². The quantitative estimate of drug-likeness (QED) is 0.707. The number of rotatable bonds is 3. The van der Waals surface area contributed by atoms with Gasteiger partial charge in [-0.3, -0.25) is 9.78 Å². The molecular formula is C8H10N2OS. The molecule has 1 fully saturated rings. The van der Waals surface area contributed by atoms with Gasteiger partial charge in [0.15, 0.2) is 5.78 Å². The van der Waals surface area contributed by atoms with Crippen molar-refractivity contribution in [1.29, 1.82) is 0 Å². The summed E-state index contributed by atoms with van der Waals surface area (Å²) >= 11 is 1.43. The van der Waals surface area contributed by atoms with Crippen LogP contribution in [0.5, 0.6) is 0 Å². The number of aromatic nitrogens is 1. The van der Waals surface area contributed by atoms with E-state index in [1.807, 2.05) is 0 Å². The van der Waals surface area contributed by atoms with Crippen molar-refractivity contribution in [2.75, 3.05) is 13.1 Å². The van der Waals surface area contributed by atoms with Crippen LogP contribution >= 0.6 is 11.3 Å².